The average molecular weight is 259 g/mol. The molecule has 3 amide bonds. The monoisotopic (exact) mass is 259 g/mol. The summed E-state index contributed by atoms with van der Waals surface area (Å²) in [7, 11) is 1.52. The molecule has 104 valence electrons. The molecule has 0 rings (SSSR count). The van der Waals surface area contributed by atoms with Crippen molar-refractivity contribution in [2.75, 3.05) is 20.1 Å². The van der Waals surface area contributed by atoms with Crippen molar-refractivity contribution in [2.24, 2.45) is 5.92 Å². The van der Waals surface area contributed by atoms with E-state index < -0.39 is 17.9 Å². The van der Waals surface area contributed by atoms with Gasteiger partial charge in [0.25, 0.3) is 0 Å². The first-order valence-corrected chi connectivity index (χ1v) is 5.96. The predicted octanol–water partition coefficient (Wildman–Crippen LogP) is -0.0774. The molecule has 0 aliphatic rings. The highest BCUT2D eigenvalue weighted by atomic mass is 16.4. The topological polar surface area (TPSA) is 108 Å². The predicted molar refractivity (Wildman–Crippen MR) is 66.1 cm³/mol. The minimum atomic E-state index is -0.914. The molecular weight excluding hydrogens is 238 g/mol. The normalized spacial score (nSPS) is 11.4. The van der Waals surface area contributed by atoms with Crippen LogP contribution in [0.2, 0.25) is 0 Å². The van der Waals surface area contributed by atoms with E-state index in [9.17, 15) is 14.4 Å². The van der Waals surface area contributed by atoms with Crippen LogP contribution in [0, 0.1) is 5.92 Å². The van der Waals surface area contributed by atoms with Gasteiger partial charge in [-0.15, -0.1) is 0 Å². The van der Waals surface area contributed by atoms with Gasteiger partial charge < -0.3 is 21.1 Å². The molecule has 0 fully saturated rings. The minimum absolute atomic E-state index is 0.0922. The van der Waals surface area contributed by atoms with Crippen LogP contribution in [0.5, 0.6) is 0 Å². The van der Waals surface area contributed by atoms with Crippen molar-refractivity contribution in [3.05, 3.63) is 0 Å². The number of carbonyl (C=O) groups is 3. The second-order valence-corrected chi connectivity index (χ2v) is 3.88. The number of hydrogen-bond donors (Lipinski definition) is 4. The Balaban J connectivity index is 3.80. The summed E-state index contributed by atoms with van der Waals surface area (Å²) in [5.74, 6) is -1.65. The van der Waals surface area contributed by atoms with Gasteiger partial charge in [0.1, 0.15) is 0 Å². The summed E-state index contributed by atoms with van der Waals surface area (Å²) in [5, 5.41) is 16.3. The van der Waals surface area contributed by atoms with E-state index in [0.717, 1.165) is 6.42 Å². The van der Waals surface area contributed by atoms with Gasteiger partial charge in [-0.05, 0) is 6.42 Å². The zero-order chi connectivity index (χ0) is 14.0. The van der Waals surface area contributed by atoms with E-state index >= 15 is 0 Å². The molecule has 0 aliphatic carbocycles. The van der Waals surface area contributed by atoms with E-state index in [1.807, 2.05) is 6.92 Å². The van der Waals surface area contributed by atoms with Gasteiger partial charge in [-0.25, -0.2) is 4.79 Å². The smallest absolute Gasteiger partial charge is 0.314 e. The van der Waals surface area contributed by atoms with Crippen molar-refractivity contribution >= 4 is 17.9 Å². The third kappa shape index (κ3) is 7.48. The lowest BCUT2D eigenvalue weighted by Gasteiger charge is -2.12. The second-order valence-electron chi connectivity index (χ2n) is 3.88. The molecule has 1 unspecified atom stereocenters. The quantitative estimate of drug-likeness (QED) is 0.489. The average Bonchev–Trinajstić information content (AvgIpc) is 2.33. The summed E-state index contributed by atoms with van der Waals surface area (Å²) in [4.78, 5) is 33.0. The van der Waals surface area contributed by atoms with Crippen molar-refractivity contribution in [2.45, 2.75) is 26.2 Å². The molecule has 0 aromatic heterocycles. The summed E-state index contributed by atoms with van der Waals surface area (Å²) in [6, 6.07) is -0.457. The highest BCUT2D eigenvalue weighted by Crippen LogP contribution is 2.04. The van der Waals surface area contributed by atoms with E-state index in [-0.39, 0.29) is 25.4 Å². The zero-order valence-corrected chi connectivity index (χ0v) is 10.8. The van der Waals surface area contributed by atoms with Gasteiger partial charge in [0.2, 0.25) is 5.91 Å². The van der Waals surface area contributed by atoms with Gasteiger partial charge in [-0.1, -0.05) is 13.3 Å². The molecule has 0 aromatic rings. The number of carboxylic acids is 1. The maximum Gasteiger partial charge on any atom is 0.314 e. The molecule has 0 bridgehead atoms. The maximum atomic E-state index is 11.3. The number of amides is 3. The van der Waals surface area contributed by atoms with Gasteiger partial charge >= 0.3 is 12.0 Å². The Morgan fingerprint density at radius 1 is 1.22 bits per heavy atom. The van der Waals surface area contributed by atoms with Gasteiger partial charge in [0, 0.05) is 26.6 Å². The van der Waals surface area contributed by atoms with Crippen molar-refractivity contribution in [1.82, 2.24) is 16.0 Å². The summed E-state index contributed by atoms with van der Waals surface area (Å²) in [6.07, 6.45) is 1.46. The highest BCUT2D eigenvalue weighted by Gasteiger charge is 2.16. The molecule has 4 N–H and O–H groups in total. The molecule has 1 atom stereocenters. The summed E-state index contributed by atoms with van der Waals surface area (Å²) in [6.45, 7) is 2.20. The van der Waals surface area contributed by atoms with Crippen LogP contribution in [0.25, 0.3) is 0 Å². The van der Waals surface area contributed by atoms with Gasteiger partial charge in [-0.3, -0.25) is 9.59 Å². The molecule has 18 heavy (non-hydrogen) atoms. The molecule has 0 aliphatic heterocycles. The van der Waals surface area contributed by atoms with Gasteiger partial charge in [0.15, 0.2) is 0 Å². The van der Waals surface area contributed by atoms with Crippen molar-refractivity contribution < 1.29 is 19.5 Å². The molecule has 0 saturated heterocycles. The summed E-state index contributed by atoms with van der Waals surface area (Å²) >= 11 is 0. The Morgan fingerprint density at radius 2 is 1.89 bits per heavy atom. The number of urea groups is 1. The Labute approximate surface area is 106 Å². The Kier molecular flexibility index (Phi) is 8.34. The SMILES string of the molecule is CCCC(CNC(=O)NCCC(=O)NC)C(=O)O. The lowest BCUT2D eigenvalue weighted by Crippen LogP contribution is -2.41. The first-order valence-electron chi connectivity index (χ1n) is 5.96. The van der Waals surface area contributed by atoms with E-state index in [0.29, 0.717) is 6.42 Å². The third-order valence-electron chi connectivity index (χ3n) is 2.41. The minimum Gasteiger partial charge on any atom is -0.481 e. The molecule has 0 radical (unpaired) electrons. The number of hydrogen-bond acceptors (Lipinski definition) is 3. The Bertz CT molecular complexity index is 294. The Hall–Kier alpha value is -1.79. The fourth-order valence-corrected chi connectivity index (χ4v) is 1.35. The van der Waals surface area contributed by atoms with E-state index in [2.05, 4.69) is 16.0 Å². The maximum absolute atomic E-state index is 11.3. The largest absolute Gasteiger partial charge is 0.481 e. The lowest BCUT2D eigenvalue weighted by molar-refractivity contribution is -0.141. The molecule has 0 spiro atoms. The van der Waals surface area contributed by atoms with Crippen molar-refractivity contribution in [3.8, 4) is 0 Å². The number of aliphatic carboxylic acids is 1. The second kappa shape index (κ2) is 9.26. The van der Waals surface area contributed by atoms with Crippen LogP contribution in [0.4, 0.5) is 4.79 Å². The van der Waals surface area contributed by atoms with Crippen LogP contribution in [0.1, 0.15) is 26.2 Å². The first kappa shape index (κ1) is 16.2. The highest BCUT2D eigenvalue weighted by molar-refractivity contribution is 5.78. The molecule has 0 aromatic carbocycles. The zero-order valence-electron chi connectivity index (χ0n) is 10.8. The van der Waals surface area contributed by atoms with E-state index in [1.54, 1.807) is 0 Å². The molecule has 7 nitrogen and oxygen atoms in total. The molecular formula is C11H21N3O4. The Morgan fingerprint density at radius 3 is 2.39 bits per heavy atom. The fourth-order valence-electron chi connectivity index (χ4n) is 1.35. The van der Waals surface area contributed by atoms with Crippen LogP contribution in [-0.4, -0.2) is 43.2 Å². The van der Waals surface area contributed by atoms with Crippen LogP contribution in [0.3, 0.4) is 0 Å². The number of rotatable bonds is 8. The van der Waals surface area contributed by atoms with Crippen LogP contribution in [0.15, 0.2) is 0 Å². The number of nitrogens with one attached hydrogen (secondary N) is 3. The first-order chi connectivity index (χ1) is 8.51. The summed E-state index contributed by atoms with van der Waals surface area (Å²) in [5.41, 5.74) is 0. The standard InChI is InChI=1S/C11H21N3O4/c1-3-4-8(10(16)17)7-14-11(18)13-6-5-9(15)12-2/h8H,3-7H2,1-2H3,(H,12,15)(H,16,17)(H2,13,14,18). The van der Waals surface area contributed by atoms with E-state index in [4.69, 9.17) is 5.11 Å². The number of carbonyl (C=O) groups excluding carboxylic acids is 2. The van der Waals surface area contributed by atoms with E-state index in [1.165, 1.54) is 7.05 Å². The fraction of sp³-hybridized carbons (Fsp3) is 0.727. The summed E-state index contributed by atoms with van der Waals surface area (Å²) < 4.78 is 0. The third-order valence-corrected chi connectivity index (χ3v) is 2.41. The van der Waals surface area contributed by atoms with Crippen molar-refractivity contribution in [3.63, 3.8) is 0 Å². The molecule has 0 heterocycles. The van der Waals surface area contributed by atoms with Crippen LogP contribution in [-0.2, 0) is 9.59 Å². The molecule has 7 heteroatoms. The van der Waals surface area contributed by atoms with Crippen LogP contribution < -0.4 is 16.0 Å². The number of carboxylic acid groups (broad SMARTS) is 1. The van der Waals surface area contributed by atoms with Gasteiger partial charge in [0.05, 0.1) is 5.92 Å². The molecule has 0 saturated carbocycles. The van der Waals surface area contributed by atoms with Gasteiger partial charge in [-0.2, -0.15) is 0 Å². The van der Waals surface area contributed by atoms with Crippen LogP contribution >= 0.6 is 0 Å². The van der Waals surface area contributed by atoms with Crippen molar-refractivity contribution in [1.29, 1.82) is 0 Å². The lowest BCUT2D eigenvalue weighted by atomic mass is 10.0.